The summed E-state index contributed by atoms with van der Waals surface area (Å²) in [4.78, 5) is 18.0. The third-order valence-corrected chi connectivity index (χ3v) is 3.62. The van der Waals surface area contributed by atoms with Gasteiger partial charge in [-0.1, -0.05) is 15.9 Å². The average molecular weight is 269 g/mol. The molecule has 0 bridgehead atoms. The van der Waals surface area contributed by atoms with Gasteiger partial charge in [-0.15, -0.1) is 0 Å². The number of aromatic nitrogens is 1. The monoisotopic (exact) mass is 268 g/mol. The molecule has 0 spiro atoms. The Hall–Kier alpha value is -0.900. The summed E-state index contributed by atoms with van der Waals surface area (Å²) in [7, 11) is 0. The minimum Gasteiger partial charge on any atom is -0.338 e. The number of carbonyl (C=O) groups excluding carboxylic acids is 1. The van der Waals surface area contributed by atoms with Gasteiger partial charge in [0.25, 0.3) is 5.91 Å². The molecule has 4 heteroatoms. The van der Waals surface area contributed by atoms with Crippen molar-refractivity contribution in [2.75, 3.05) is 18.4 Å². The summed E-state index contributed by atoms with van der Waals surface area (Å²) in [6, 6.07) is 3.65. The number of carbonyl (C=O) groups is 1. The zero-order valence-electron chi connectivity index (χ0n) is 8.61. The lowest BCUT2D eigenvalue weighted by Crippen LogP contribution is -2.50. The van der Waals surface area contributed by atoms with Crippen LogP contribution in [-0.4, -0.2) is 34.2 Å². The second-order valence-corrected chi connectivity index (χ2v) is 4.51. The molecule has 1 aliphatic heterocycles. The highest BCUT2D eigenvalue weighted by Crippen LogP contribution is 2.20. The molecule has 0 radical (unpaired) electrons. The van der Waals surface area contributed by atoms with Gasteiger partial charge in [0.2, 0.25) is 0 Å². The predicted molar refractivity (Wildman–Crippen MR) is 62.2 cm³/mol. The van der Waals surface area contributed by atoms with E-state index in [1.165, 1.54) is 0 Å². The fourth-order valence-electron chi connectivity index (χ4n) is 1.71. The summed E-state index contributed by atoms with van der Waals surface area (Å²) in [5.41, 5.74) is 1.54. The molecule has 80 valence electrons. The number of rotatable bonds is 2. The fourth-order valence-corrected chi connectivity index (χ4v) is 2.12. The molecule has 0 aliphatic carbocycles. The highest BCUT2D eigenvalue weighted by Gasteiger charge is 2.30. The van der Waals surface area contributed by atoms with Crippen LogP contribution in [0.4, 0.5) is 0 Å². The van der Waals surface area contributed by atoms with E-state index in [-0.39, 0.29) is 5.91 Å². The number of hydrogen-bond acceptors (Lipinski definition) is 2. The lowest BCUT2D eigenvalue weighted by atomic mass is 10.0. The quantitative estimate of drug-likeness (QED) is 0.768. The molecule has 3 nitrogen and oxygen atoms in total. The number of alkyl halides is 1. The van der Waals surface area contributed by atoms with Gasteiger partial charge in [0.05, 0.1) is 5.56 Å². The topological polar surface area (TPSA) is 33.2 Å². The molecule has 0 unspecified atom stereocenters. The molecule has 1 aromatic rings. The molecule has 1 aliphatic rings. The van der Waals surface area contributed by atoms with E-state index in [0.717, 1.165) is 29.7 Å². The van der Waals surface area contributed by atoms with Crippen LogP contribution in [0.25, 0.3) is 0 Å². The van der Waals surface area contributed by atoms with Gasteiger partial charge in [0.1, 0.15) is 0 Å². The molecule has 0 N–H and O–H groups in total. The molecule has 1 saturated heterocycles. The first kappa shape index (κ1) is 10.6. The van der Waals surface area contributed by atoms with Crippen molar-refractivity contribution in [2.24, 2.45) is 5.92 Å². The van der Waals surface area contributed by atoms with E-state index in [2.05, 4.69) is 20.9 Å². The number of likely N-dealkylation sites (tertiary alicyclic amines) is 1. The Kier molecular flexibility index (Phi) is 3.05. The predicted octanol–water partition coefficient (Wildman–Crippen LogP) is 1.86. The number of halogens is 1. The zero-order chi connectivity index (χ0) is 10.8. The summed E-state index contributed by atoms with van der Waals surface area (Å²) in [5.74, 6) is 0.726. The third-order valence-electron chi connectivity index (χ3n) is 2.70. The van der Waals surface area contributed by atoms with Crippen molar-refractivity contribution in [3.05, 3.63) is 29.6 Å². The van der Waals surface area contributed by atoms with E-state index in [1.807, 2.05) is 24.0 Å². The summed E-state index contributed by atoms with van der Waals surface area (Å²) < 4.78 is 0. The van der Waals surface area contributed by atoms with Crippen LogP contribution in [0.15, 0.2) is 18.3 Å². The number of pyridine rings is 1. The van der Waals surface area contributed by atoms with Crippen molar-refractivity contribution in [3.63, 3.8) is 0 Å². The Morgan fingerprint density at radius 2 is 2.40 bits per heavy atom. The minimum absolute atomic E-state index is 0.109. The highest BCUT2D eigenvalue weighted by molar-refractivity contribution is 9.09. The van der Waals surface area contributed by atoms with Gasteiger partial charge in [0.15, 0.2) is 0 Å². The summed E-state index contributed by atoms with van der Waals surface area (Å²) in [6.07, 6.45) is 1.71. The standard InChI is InChI=1S/C11H13BrN2O/c1-8-10(3-2-4-13-8)11(15)14-6-9(5-12)7-14/h2-4,9H,5-7H2,1H3. The Morgan fingerprint density at radius 3 is 3.00 bits per heavy atom. The van der Waals surface area contributed by atoms with Gasteiger partial charge < -0.3 is 4.90 Å². The van der Waals surface area contributed by atoms with Gasteiger partial charge >= 0.3 is 0 Å². The Morgan fingerprint density at radius 1 is 1.67 bits per heavy atom. The third kappa shape index (κ3) is 2.04. The number of hydrogen-bond donors (Lipinski definition) is 0. The molecular formula is C11H13BrN2O. The van der Waals surface area contributed by atoms with Gasteiger partial charge in [-0.25, -0.2) is 0 Å². The lowest BCUT2D eigenvalue weighted by Gasteiger charge is -2.38. The first-order valence-electron chi connectivity index (χ1n) is 4.99. The van der Waals surface area contributed by atoms with E-state index in [1.54, 1.807) is 6.20 Å². The SMILES string of the molecule is Cc1ncccc1C(=O)N1CC(CBr)C1. The van der Waals surface area contributed by atoms with Crippen LogP contribution in [0.3, 0.4) is 0 Å². The smallest absolute Gasteiger partial charge is 0.255 e. The van der Waals surface area contributed by atoms with Gasteiger partial charge in [0, 0.05) is 36.2 Å². The first-order chi connectivity index (χ1) is 7.22. The Balaban J connectivity index is 2.07. The second-order valence-electron chi connectivity index (χ2n) is 3.87. The largest absolute Gasteiger partial charge is 0.338 e. The van der Waals surface area contributed by atoms with Crippen LogP contribution in [0.2, 0.25) is 0 Å². The van der Waals surface area contributed by atoms with Gasteiger partial charge in [-0.2, -0.15) is 0 Å². The molecule has 2 heterocycles. The molecule has 1 amide bonds. The Labute approximate surface area is 97.6 Å². The highest BCUT2D eigenvalue weighted by atomic mass is 79.9. The van der Waals surface area contributed by atoms with E-state index in [9.17, 15) is 4.79 Å². The van der Waals surface area contributed by atoms with Gasteiger partial charge in [-0.3, -0.25) is 9.78 Å². The first-order valence-corrected chi connectivity index (χ1v) is 6.11. The van der Waals surface area contributed by atoms with Crippen LogP contribution < -0.4 is 0 Å². The van der Waals surface area contributed by atoms with Crippen molar-refractivity contribution < 1.29 is 4.79 Å². The molecule has 1 aromatic heterocycles. The molecule has 15 heavy (non-hydrogen) atoms. The second kappa shape index (κ2) is 4.31. The maximum absolute atomic E-state index is 12.0. The fraction of sp³-hybridized carbons (Fsp3) is 0.455. The number of aryl methyl sites for hydroxylation is 1. The average Bonchev–Trinajstić information content (AvgIpc) is 2.16. The zero-order valence-corrected chi connectivity index (χ0v) is 10.2. The van der Waals surface area contributed by atoms with Crippen LogP contribution in [0.1, 0.15) is 16.1 Å². The van der Waals surface area contributed by atoms with E-state index in [0.29, 0.717) is 5.92 Å². The molecule has 1 fully saturated rings. The van der Waals surface area contributed by atoms with Crippen molar-refractivity contribution in [3.8, 4) is 0 Å². The Bertz CT molecular complexity index is 375. The number of amides is 1. The summed E-state index contributed by atoms with van der Waals surface area (Å²) >= 11 is 3.42. The lowest BCUT2D eigenvalue weighted by molar-refractivity contribution is 0.0538. The molecule has 0 atom stereocenters. The van der Waals surface area contributed by atoms with E-state index >= 15 is 0 Å². The number of nitrogens with zero attached hydrogens (tertiary/aromatic N) is 2. The summed E-state index contributed by atoms with van der Waals surface area (Å²) in [5, 5.41) is 0.975. The van der Waals surface area contributed by atoms with E-state index < -0.39 is 0 Å². The minimum atomic E-state index is 0.109. The van der Waals surface area contributed by atoms with Crippen LogP contribution in [-0.2, 0) is 0 Å². The van der Waals surface area contributed by atoms with Crippen LogP contribution >= 0.6 is 15.9 Å². The van der Waals surface area contributed by atoms with Crippen LogP contribution in [0, 0.1) is 12.8 Å². The maximum Gasteiger partial charge on any atom is 0.255 e. The van der Waals surface area contributed by atoms with Crippen molar-refractivity contribution in [2.45, 2.75) is 6.92 Å². The maximum atomic E-state index is 12.0. The van der Waals surface area contributed by atoms with E-state index in [4.69, 9.17) is 0 Å². The van der Waals surface area contributed by atoms with Crippen molar-refractivity contribution in [1.29, 1.82) is 0 Å². The van der Waals surface area contributed by atoms with Gasteiger partial charge in [-0.05, 0) is 19.1 Å². The normalized spacial score (nSPS) is 16.3. The van der Waals surface area contributed by atoms with Crippen molar-refractivity contribution in [1.82, 2.24) is 9.88 Å². The molecule has 2 rings (SSSR count). The summed E-state index contributed by atoms with van der Waals surface area (Å²) in [6.45, 7) is 3.59. The molecular weight excluding hydrogens is 256 g/mol. The van der Waals surface area contributed by atoms with Crippen molar-refractivity contribution >= 4 is 21.8 Å². The van der Waals surface area contributed by atoms with Crippen LogP contribution in [0.5, 0.6) is 0 Å². The molecule has 0 aromatic carbocycles. The molecule has 0 saturated carbocycles.